The second-order valence-corrected chi connectivity index (χ2v) is 7.87. The first-order chi connectivity index (χ1) is 13.6. The SMILES string of the molecule is O=C(Nc1ccn(-c2ccnc(F)c2)n1)[C@@]1(c2ccccc2)CC12CCCC2. The fourth-order valence-electron chi connectivity index (χ4n) is 4.99. The van der Waals surface area contributed by atoms with Gasteiger partial charge < -0.3 is 5.32 Å². The van der Waals surface area contributed by atoms with Crippen molar-refractivity contribution < 1.29 is 9.18 Å². The minimum Gasteiger partial charge on any atom is -0.308 e. The van der Waals surface area contributed by atoms with E-state index in [1.165, 1.54) is 29.8 Å². The molecule has 2 aliphatic rings. The van der Waals surface area contributed by atoms with Crippen molar-refractivity contribution in [3.8, 4) is 5.69 Å². The fourth-order valence-corrected chi connectivity index (χ4v) is 4.99. The Morgan fingerprint density at radius 2 is 1.89 bits per heavy atom. The summed E-state index contributed by atoms with van der Waals surface area (Å²) in [6, 6.07) is 14.8. The third kappa shape index (κ3) is 2.55. The summed E-state index contributed by atoms with van der Waals surface area (Å²) in [7, 11) is 0. The van der Waals surface area contributed by atoms with Crippen molar-refractivity contribution in [2.75, 3.05) is 5.32 Å². The lowest BCUT2D eigenvalue weighted by atomic mass is 9.84. The molecule has 0 bridgehead atoms. The first-order valence-corrected chi connectivity index (χ1v) is 9.68. The van der Waals surface area contributed by atoms with E-state index in [9.17, 15) is 9.18 Å². The van der Waals surface area contributed by atoms with E-state index in [2.05, 4.69) is 27.5 Å². The summed E-state index contributed by atoms with van der Waals surface area (Å²) in [5.74, 6) is -0.0906. The zero-order valence-corrected chi connectivity index (χ0v) is 15.4. The summed E-state index contributed by atoms with van der Waals surface area (Å²) in [4.78, 5) is 17.0. The van der Waals surface area contributed by atoms with Gasteiger partial charge in [0.1, 0.15) is 0 Å². The fraction of sp³-hybridized carbons (Fsp3) is 0.318. The second-order valence-electron chi connectivity index (χ2n) is 7.87. The highest BCUT2D eigenvalue weighted by Gasteiger charge is 2.72. The van der Waals surface area contributed by atoms with Crippen molar-refractivity contribution in [3.05, 3.63) is 72.4 Å². The number of carbonyl (C=O) groups excluding carboxylic acids is 1. The summed E-state index contributed by atoms with van der Waals surface area (Å²) in [6.45, 7) is 0. The molecule has 0 saturated heterocycles. The molecule has 1 N–H and O–H groups in total. The Morgan fingerprint density at radius 1 is 1.11 bits per heavy atom. The maximum Gasteiger partial charge on any atom is 0.236 e. The van der Waals surface area contributed by atoms with Crippen LogP contribution in [-0.2, 0) is 10.2 Å². The molecule has 6 heteroatoms. The molecule has 2 aliphatic carbocycles. The molecule has 5 nitrogen and oxygen atoms in total. The highest BCUT2D eigenvalue weighted by atomic mass is 19.1. The van der Waals surface area contributed by atoms with Crippen LogP contribution >= 0.6 is 0 Å². The summed E-state index contributed by atoms with van der Waals surface area (Å²) >= 11 is 0. The lowest BCUT2D eigenvalue weighted by Gasteiger charge is -2.22. The van der Waals surface area contributed by atoms with Crippen LogP contribution in [0, 0.1) is 11.4 Å². The van der Waals surface area contributed by atoms with Gasteiger partial charge in [0.2, 0.25) is 11.9 Å². The summed E-state index contributed by atoms with van der Waals surface area (Å²) in [6.07, 6.45) is 8.56. The zero-order chi connectivity index (χ0) is 19.2. The predicted octanol–water partition coefficient (Wildman–Crippen LogP) is 4.25. The van der Waals surface area contributed by atoms with Gasteiger partial charge in [0, 0.05) is 24.5 Å². The predicted molar refractivity (Wildman–Crippen MR) is 104 cm³/mol. The number of amides is 1. The highest BCUT2D eigenvalue weighted by molar-refractivity contribution is 6.02. The smallest absolute Gasteiger partial charge is 0.236 e. The number of rotatable bonds is 4. The van der Waals surface area contributed by atoms with E-state index in [4.69, 9.17) is 0 Å². The van der Waals surface area contributed by atoms with E-state index in [0.29, 0.717) is 11.5 Å². The van der Waals surface area contributed by atoms with Gasteiger partial charge in [-0.1, -0.05) is 43.2 Å². The molecule has 0 radical (unpaired) electrons. The minimum atomic E-state index is -0.567. The van der Waals surface area contributed by atoms with E-state index in [1.807, 2.05) is 18.2 Å². The number of hydrogen-bond donors (Lipinski definition) is 1. The molecule has 3 aromatic rings. The van der Waals surface area contributed by atoms with Crippen molar-refractivity contribution in [2.24, 2.45) is 5.41 Å². The van der Waals surface area contributed by atoms with Crippen LogP contribution in [0.15, 0.2) is 60.9 Å². The molecule has 1 aromatic carbocycles. The number of benzene rings is 1. The third-order valence-corrected chi connectivity index (χ3v) is 6.40. The Hall–Kier alpha value is -3.02. The number of carbonyl (C=O) groups is 1. The Labute approximate surface area is 162 Å². The normalized spacial score (nSPS) is 22.3. The van der Waals surface area contributed by atoms with Crippen molar-refractivity contribution in [3.63, 3.8) is 0 Å². The number of halogens is 1. The van der Waals surface area contributed by atoms with Crippen LogP contribution in [0.25, 0.3) is 5.69 Å². The Balaban J connectivity index is 1.43. The second kappa shape index (κ2) is 6.26. The van der Waals surface area contributed by atoms with E-state index >= 15 is 0 Å². The standard InChI is InChI=1S/C22H21FN4O/c23-18-14-17(8-12-24-18)27-13-9-19(26-27)25-20(28)22(16-6-2-1-3-7-16)15-21(22)10-4-5-11-21/h1-3,6-9,12-14H,4-5,10-11,15H2,(H,25,26,28)/t22-/m0/s1. The van der Waals surface area contributed by atoms with Crippen molar-refractivity contribution >= 4 is 11.7 Å². The molecule has 0 aliphatic heterocycles. The monoisotopic (exact) mass is 376 g/mol. The van der Waals surface area contributed by atoms with Gasteiger partial charge in [-0.2, -0.15) is 9.49 Å². The lowest BCUT2D eigenvalue weighted by molar-refractivity contribution is -0.119. The summed E-state index contributed by atoms with van der Waals surface area (Å²) in [5, 5.41) is 7.42. The summed E-state index contributed by atoms with van der Waals surface area (Å²) < 4.78 is 14.9. The maximum absolute atomic E-state index is 13.4. The molecule has 2 aromatic heterocycles. The molecular weight excluding hydrogens is 355 g/mol. The van der Waals surface area contributed by atoms with Gasteiger partial charge in [0.15, 0.2) is 5.82 Å². The molecule has 1 amide bonds. The molecule has 142 valence electrons. The third-order valence-electron chi connectivity index (χ3n) is 6.40. The number of anilines is 1. The van der Waals surface area contributed by atoms with E-state index in [1.54, 1.807) is 18.3 Å². The van der Waals surface area contributed by atoms with E-state index < -0.39 is 11.4 Å². The first kappa shape index (κ1) is 17.1. The van der Waals surface area contributed by atoms with Crippen LogP contribution in [0.3, 0.4) is 0 Å². The molecular formula is C22H21FN4O. The number of pyridine rings is 1. The topological polar surface area (TPSA) is 59.8 Å². The molecule has 2 fully saturated rings. The number of nitrogens with zero attached hydrogens (tertiary/aromatic N) is 3. The van der Waals surface area contributed by atoms with Crippen molar-refractivity contribution in [1.29, 1.82) is 0 Å². The van der Waals surface area contributed by atoms with Crippen LogP contribution < -0.4 is 5.32 Å². The maximum atomic E-state index is 13.4. The van der Waals surface area contributed by atoms with Gasteiger partial charge in [-0.05, 0) is 36.3 Å². The van der Waals surface area contributed by atoms with Gasteiger partial charge in [0.25, 0.3) is 0 Å². The van der Waals surface area contributed by atoms with Gasteiger partial charge in [-0.3, -0.25) is 4.79 Å². The largest absolute Gasteiger partial charge is 0.308 e. The van der Waals surface area contributed by atoms with Gasteiger partial charge in [-0.15, -0.1) is 0 Å². The Bertz CT molecular complexity index is 1030. The van der Waals surface area contributed by atoms with Crippen LogP contribution in [0.1, 0.15) is 37.7 Å². The van der Waals surface area contributed by atoms with Crippen LogP contribution in [-0.4, -0.2) is 20.7 Å². The molecule has 28 heavy (non-hydrogen) atoms. The van der Waals surface area contributed by atoms with Gasteiger partial charge in [-0.25, -0.2) is 9.67 Å². The zero-order valence-electron chi connectivity index (χ0n) is 15.4. The minimum absolute atomic E-state index is 0.00626. The highest BCUT2D eigenvalue weighted by Crippen LogP contribution is 2.72. The molecule has 5 rings (SSSR count). The van der Waals surface area contributed by atoms with Crippen LogP contribution in [0.2, 0.25) is 0 Å². The lowest BCUT2D eigenvalue weighted by Crippen LogP contribution is -2.33. The number of hydrogen-bond acceptors (Lipinski definition) is 3. The van der Waals surface area contributed by atoms with E-state index in [-0.39, 0.29) is 11.3 Å². The molecule has 2 heterocycles. The first-order valence-electron chi connectivity index (χ1n) is 9.68. The Kier molecular flexibility index (Phi) is 3.82. The van der Waals surface area contributed by atoms with Crippen LogP contribution in [0.5, 0.6) is 0 Å². The number of aromatic nitrogens is 3. The van der Waals surface area contributed by atoms with Crippen LogP contribution in [0.4, 0.5) is 10.2 Å². The summed E-state index contributed by atoms with van der Waals surface area (Å²) in [5.41, 5.74) is 1.25. The average Bonchev–Trinajstić information content (AvgIpc) is 3.02. The van der Waals surface area contributed by atoms with Gasteiger partial charge in [0.05, 0.1) is 11.1 Å². The number of nitrogens with one attached hydrogen (secondary N) is 1. The van der Waals surface area contributed by atoms with Gasteiger partial charge >= 0.3 is 0 Å². The quantitative estimate of drug-likeness (QED) is 0.693. The average molecular weight is 376 g/mol. The molecule has 1 spiro atoms. The van der Waals surface area contributed by atoms with Crippen molar-refractivity contribution in [2.45, 2.75) is 37.5 Å². The van der Waals surface area contributed by atoms with Crippen molar-refractivity contribution in [1.82, 2.24) is 14.8 Å². The molecule has 2 saturated carbocycles. The molecule has 0 unspecified atom stereocenters. The molecule has 1 atom stereocenters. The van der Waals surface area contributed by atoms with E-state index in [0.717, 1.165) is 24.8 Å². The Morgan fingerprint density at radius 3 is 2.64 bits per heavy atom.